The van der Waals surface area contributed by atoms with E-state index in [2.05, 4.69) is 17.3 Å². The van der Waals surface area contributed by atoms with E-state index in [1.807, 2.05) is 49.4 Å². The average molecular weight is 349 g/mol. The molecule has 0 spiro atoms. The van der Waals surface area contributed by atoms with Gasteiger partial charge in [0, 0.05) is 29.4 Å². The summed E-state index contributed by atoms with van der Waals surface area (Å²) in [7, 11) is 2.17. The van der Waals surface area contributed by atoms with Crippen molar-refractivity contribution in [2.45, 2.75) is 32.2 Å². The summed E-state index contributed by atoms with van der Waals surface area (Å²) in [6, 6.07) is 15.6. The van der Waals surface area contributed by atoms with Crippen LogP contribution in [0.25, 0.3) is 0 Å². The maximum atomic E-state index is 12.8. The van der Waals surface area contributed by atoms with Crippen molar-refractivity contribution in [3.05, 3.63) is 65.2 Å². The lowest BCUT2D eigenvalue weighted by Gasteiger charge is -2.33. The summed E-state index contributed by atoms with van der Waals surface area (Å²) in [5, 5.41) is 12.0. The zero-order valence-electron chi connectivity index (χ0n) is 15.6. The first-order chi connectivity index (χ1) is 12.6. The van der Waals surface area contributed by atoms with Crippen LogP contribution < -0.4 is 5.32 Å². The first kappa shape index (κ1) is 18.3. The van der Waals surface area contributed by atoms with E-state index in [4.69, 9.17) is 5.41 Å². The number of aryl methyl sites for hydroxylation is 1. The van der Waals surface area contributed by atoms with Crippen LogP contribution in [-0.2, 0) is 0 Å². The third-order valence-corrected chi connectivity index (χ3v) is 5.26. The van der Waals surface area contributed by atoms with Gasteiger partial charge in [-0.3, -0.25) is 10.2 Å². The normalized spacial score (nSPS) is 17.7. The fraction of sp³-hybridized carbons (Fsp3) is 0.364. The maximum Gasteiger partial charge on any atom is 0.211 e. The van der Waals surface area contributed by atoms with Crippen LogP contribution in [0.4, 0.5) is 5.69 Å². The summed E-state index contributed by atoms with van der Waals surface area (Å²) < 4.78 is 0. The van der Waals surface area contributed by atoms with Crippen molar-refractivity contribution >= 4 is 17.2 Å². The lowest BCUT2D eigenvalue weighted by atomic mass is 9.96. The molecule has 2 aromatic rings. The highest BCUT2D eigenvalue weighted by Gasteiger charge is 2.21. The highest BCUT2D eigenvalue weighted by molar-refractivity contribution is 6.51. The molecule has 1 aliphatic heterocycles. The van der Waals surface area contributed by atoms with Gasteiger partial charge in [-0.15, -0.1) is 0 Å². The molecule has 1 heterocycles. The van der Waals surface area contributed by atoms with E-state index in [-0.39, 0.29) is 11.5 Å². The molecule has 1 unspecified atom stereocenters. The molecule has 3 rings (SSSR count). The number of piperidine rings is 1. The van der Waals surface area contributed by atoms with Gasteiger partial charge in [0.2, 0.25) is 5.78 Å². The minimum Gasteiger partial charge on any atom is -0.383 e. The molecule has 1 atom stereocenters. The first-order valence-corrected chi connectivity index (χ1v) is 9.30. The molecule has 0 aliphatic carbocycles. The zero-order chi connectivity index (χ0) is 18.5. The second-order valence-electron chi connectivity index (χ2n) is 7.08. The van der Waals surface area contributed by atoms with Crippen LogP contribution in [0.15, 0.2) is 48.5 Å². The highest BCUT2D eigenvalue weighted by Crippen LogP contribution is 2.21. The molecular weight excluding hydrogens is 322 g/mol. The minimum absolute atomic E-state index is 0.0411. The molecule has 4 nitrogen and oxygen atoms in total. The fourth-order valence-corrected chi connectivity index (χ4v) is 3.57. The van der Waals surface area contributed by atoms with E-state index in [9.17, 15) is 4.79 Å². The van der Waals surface area contributed by atoms with Crippen molar-refractivity contribution in [2.75, 3.05) is 25.5 Å². The summed E-state index contributed by atoms with van der Waals surface area (Å²) >= 11 is 0. The molecule has 1 aliphatic rings. The van der Waals surface area contributed by atoms with Crippen LogP contribution in [0, 0.1) is 12.3 Å². The van der Waals surface area contributed by atoms with E-state index < -0.39 is 0 Å². The van der Waals surface area contributed by atoms with E-state index in [0.29, 0.717) is 17.2 Å². The van der Waals surface area contributed by atoms with Gasteiger partial charge in [0.25, 0.3) is 0 Å². The van der Waals surface area contributed by atoms with Crippen molar-refractivity contribution in [1.82, 2.24) is 4.90 Å². The van der Waals surface area contributed by atoms with Crippen molar-refractivity contribution in [3.63, 3.8) is 0 Å². The minimum atomic E-state index is -0.230. The number of hydrogen-bond donors (Lipinski definition) is 2. The Hall–Kier alpha value is -2.46. The molecular formula is C22H27N3O. The Morgan fingerprint density at radius 1 is 1.12 bits per heavy atom. The molecule has 26 heavy (non-hydrogen) atoms. The highest BCUT2D eigenvalue weighted by atomic mass is 16.1. The van der Waals surface area contributed by atoms with Crippen LogP contribution in [0.5, 0.6) is 0 Å². The Morgan fingerprint density at radius 3 is 2.54 bits per heavy atom. The lowest BCUT2D eigenvalue weighted by Crippen LogP contribution is -2.40. The summed E-state index contributed by atoms with van der Waals surface area (Å²) in [5.41, 5.74) is 3.06. The van der Waals surface area contributed by atoms with Gasteiger partial charge >= 0.3 is 0 Å². The lowest BCUT2D eigenvalue weighted by molar-refractivity contribution is 0.106. The Morgan fingerprint density at radius 2 is 1.81 bits per heavy atom. The number of para-hydroxylation sites is 1. The van der Waals surface area contributed by atoms with Gasteiger partial charge in [-0.05, 0) is 45.0 Å². The summed E-state index contributed by atoms with van der Waals surface area (Å²) in [4.78, 5) is 15.2. The predicted molar refractivity (Wildman–Crippen MR) is 108 cm³/mol. The van der Waals surface area contributed by atoms with Crippen LogP contribution in [-0.4, -0.2) is 42.6 Å². The number of nitrogens with zero attached hydrogens (tertiary/aromatic N) is 1. The van der Waals surface area contributed by atoms with Gasteiger partial charge in [0.1, 0.15) is 5.71 Å². The first-order valence-electron chi connectivity index (χ1n) is 9.30. The molecule has 0 saturated carbocycles. The number of carbonyl (C=O) groups is 1. The smallest absolute Gasteiger partial charge is 0.211 e. The fourth-order valence-electron chi connectivity index (χ4n) is 3.57. The second kappa shape index (κ2) is 8.28. The second-order valence-corrected chi connectivity index (χ2v) is 7.08. The number of carbonyl (C=O) groups excluding carboxylic acids is 1. The maximum absolute atomic E-state index is 12.8. The van der Waals surface area contributed by atoms with E-state index in [1.54, 1.807) is 6.07 Å². The van der Waals surface area contributed by atoms with Gasteiger partial charge in [-0.2, -0.15) is 0 Å². The number of benzene rings is 2. The number of ketones is 1. The van der Waals surface area contributed by atoms with Gasteiger partial charge < -0.3 is 10.2 Å². The largest absolute Gasteiger partial charge is 0.383 e. The Bertz CT molecular complexity index is 799. The van der Waals surface area contributed by atoms with Gasteiger partial charge in [0.05, 0.1) is 0 Å². The van der Waals surface area contributed by atoms with Crippen molar-refractivity contribution in [3.8, 4) is 0 Å². The van der Waals surface area contributed by atoms with Gasteiger partial charge in [-0.25, -0.2) is 0 Å². The Balaban J connectivity index is 1.77. The molecule has 136 valence electrons. The van der Waals surface area contributed by atoms with E-state index in [1.165, 1.54) is 19.3 Å². The van der Waals surface area contributed by atoms with Crippen LogP contribution in [0.3, 0.4) is 0 Å². The summed E-state index contributed by atoms with van der Waals surface area (Å²) in [6.07, 6.45) is 3.71. The molecule has 2 N–H and O–H groups in total. The topological polar surface area (TPSA) is 56.2 Å². The molecule has 1 saturated heterocycles. The molecule has 2 aromatic carbocycles. The number of Topliss-reactive ketones (excluding diaryl/α,β-unsaturated/α-hetero) is 1. The van der Waals surface area contributed by atoms with Crippen molar-refractivity contribution in [2.24, 2.45) is 0 Å². The average Bonchev–Trinajstić information content (AvgIpc) is 2.67. The van der Waals surface area contributed by atoms with Crippen LogP contribution in [0.1, 0.15) is 40.7 Å². The molecule has 0 bridgehead atoms. The third kappa shape index (κ3) is 4.02. The SMILES string of the molecule is Cc1ccccc1C(=O)C(=N)c1ccccc1NCC1CCCCN1C. The monoisotopic (exact) mass is 349 g/mol. The standard InChI is InChI=1S/C22H27N3O/c1-16-9-3-4-11-18(16)22(26)21(23)19-12-5-6-13-20(19)24-15-17-10-7-8-14-25(17)2/h3-6,9,11-13,17,23-24H,7-8,10,14-15H2,1-2H3. The van der Waals surface area contributed by atoms with Crippen LogP contribution in [0.2, 0.25) is 0 Å². The Labute approximate surface area is 155 Å². The van der Waals surface area contributed by atoms with Crippen molar-refractivity contribution in [1.29, 1.82) is 5.41 Å². The quantitative estimate of drug-likeness (QED) is 0.609. The third-order valence-electron chi connectivity index (χ3n) is 5.26. The number of rotatable bonds is 6. The van der Waals surface area contributed by atoms with Crippen molar-refractivity contribution < 1.29 is 4.79 Å². The molecule has 1 fully saturated rings. The predicted octanol–water partition coefficient (Wildman–Crippen LogP) is 4.14. The summed E-state index contributed by atoms with van der Waals surface area (Å²) in [6.45, 7) is 3.87. The molecule has 0 amide bonds. The molecule has 0 aromatic heterocycles. The van der Waals surface area contributed by atoms with E-state index >= 15 is 0 Å². The summed E-state index contributed by atoms with van der Waals surface area (Å²) in [5.74, 6) is -0.230. The van der Waals surface area contributed by atoms with E-state index in [0.717, 1.165) is 24.3 Å². The number of hydrogen-bond acceptors (Lipinski definition) is 4. The molecule has 0 radical (unpaired) electrons. The number of likely N-dealkylation sites (N-methyl/N-ethyl adjacent to an activating group) is 1. The Kier molecular flexibility index (Phi) is 5.84. The number of anilines is 1. The van der Waals surface area contributed by atoms with Gasteiger partial charge in [-0.1, -0.05) is 48.9 Å². The zero-order valence-corrected chi connectivity index (χ0v) is 15.6. The number of likely N-dealkylation sites (tertiary alicyclic amines) is 1. The molecule has 4 heteroatoms. The number of nitrogens with one attached hydrogen (secondary N) is 2. The van der Waals surface area contributed by atoms with Gasteiger partial charge in [0.15, 0.2) is 0 Å². The van der Waals surface area contributed by atoms with Crippen LogP contribution >= 0.6 is 0 Å².